The van der Waals surface area contributed by atoms with Gasteiger partial charge >= 0.3 is 16.3 Å². The van der Waals surface area contributed by atoms with Crippen molar-refractivity contribution in [3.05, 3.63) is 65.2 Å². The highest BCUT2D eigenvalue weighted by Gasteiger charge is 2.40. The third-order valence-corrected chi connectivity index (χ3v) is 5.91. The Morgan fingerprint density at radius 2 is 1.70 bits per heavy atom. The summed E-state index contributed by atoms with van der Waals surface area (Å²) < 4.78 is 39.0. The Morgan fingerprint density at radius 1 is 1.03 bits per heavy atom. The second kappa shape index (κ2) is 9.93. The van der Waals surface area contributed by atoms with Gasteiger partial charge in [0.25, 0.3) is 0 Å². The number of rotatable bonds is 7. The van der Waals surface area contributed by atoms with Gasteiger partial charge in [-0.15, -0.1) is 0 Å². The van der Waals surface area contributed by atoms with Crippen molar-refractivity contribution in [1.82, 2.24) is 5.32 Å². The quantitative estimate of drug-likeness (QED) is 0.419. The van der Waals surface area contributed by atoms with Crippen molar-refractivity contribution in [2.45, 2.75) is 45.6 Å². The molecule has 0 heterocycles. The first-order valence-electron chi connectivity index (χ1n) is 10.8. The number of ether oxygens (including phenoxy) is 1. The molecule has 33 heavy (non-hydrogen) atoms. The van der Waals surface area contributed by atoms with Gasteiger partial charge in [-0.05, 0) is 68.9 Å². The molecular formula is C24H30N2O6S. The van der Waals surface area contributed by atoms with Crippen LogP contribution >= 0.6 is 0 Å². The Hall–Kier alpha value is -2.91. The molecule has 0 saturated heterocycles. The minimum Gasteiger partial charge on any atom is -0.460 e. The van der Waals surface area contributed by atoms with E-state index in [-0.39, 0.29) is 18.0 Å². The summed E-state index contributed by atoms with van der Waals surface area (Å²) in [6.07, 6.45) is 1.22. The Labute approximate surface area is 194 Å². The first kappa shape index (κ1) is 24.7. The summed E-state index contributed by atoms with van der Waals surface area (Å²) in [5.41, 5.74) is 2.16. The van der Waals surface area contributed by atoms with Crippen LogP contribution in [0.15, 0.2) is 48.5 Å². The summed E-state index contributed by atoms with van der Waals surface area (Å²) in [4.78, 5) is 26.1. The highest BCUT2D eigenvalue weighted by Crippen LogP contribution is 2.34. The highest BCUT2D eigenvalue weighted by atomic mass is 32.2. The maximum absolute atomic E-state index is 13.1. The first-order valence-corrected chi connectivity index (χ1v) is 12.3. The predicted molar refractivity (Wildman–Crippen MR) is 125 cm³/mol. The topological polar surface area (TPSA) is 122 Å². The average molecular weight is 475 g/mol. The van der Waals surface area contributed by atoms with E-state index < -0.39 is 33.7 Å². The number of carbonyl (C=O) groups is 2. The molecule has 0 fully saturated rings. The zero-order chi connectivity index (χ0) is 24.2. The molecule has 1 amide bonds. The van der Waals surface area contributed by atoms with E-state index in [1.54, 1.807) is 32.9 Å². The normalized spacial score (nSPS) is 18.2. The standard InChI is InChI=1S/C24H30N2O6S/c1-24(2,3)32-23(28)21-15-18-13-19(26-33(29,30)31)10-9-17(18)14-20(21)22(27)25-12-11-16-7-5-4-6-8-16/h4-10,13,20-21,26H,11-12,14-15H2,1-3H3,(H,25,27)(H,29,30,31). The number of carbonyl (C=O) groups excluding carboxylic acids is 2. The van der Waals surface area contributed by atoms with Gasteiger partial charge in [0.1, 0.15) is 5.60 Å². The first-order chi connectivity index (χ1) is 15.4. The summed E-state index contributed by atoms with van der Waals surface area (Å²) in [6.45, 7) is 5.75. The second-order valence-electron chi connectivity index (χ2n) is 9.24. The number of amides is 1. The van der Waals surface area contributed by atoms with Gasteiger partial charge in [-0.1, -0.05) is 36.4 Å². The van der Waals surface area contributed by atoms with Crippen LogP contribution in [0.1, 0.15) is 37.5 Å². The molecule has 2 aromatic rings. The van der Waals surface area contributed by atoms with E-state index in [4.69, 9.17) is 9.29 Å². The number of hydrogen-bond donors (Lipinski definition) is 3. The molecule has 3 N–H and O–H groups in total. The van der Waals surface area contributed by atoms with Gasteiger partial charge in [0, 0.05) is 6.54 Å². The van der Waals surface area contributed by atoms with Gasteiger partial charge in [0.05, 0.1) is 17.5 Å². The zero-order valence-corrected chi connectivity index (χ0v) is 19.8. The van der Waals surface area contributed by atoms with Gasteiger partial charge in [-0.25, -0.2) is 0 Å². The molecule has 2 atom stereocenters. The molecular weight excluding hydrogens is 444 g/mol. The lowest BCUT2D eigenvalue weighted by molar-refractivity contribution is -0.164. The Kier molecular flexibility index (Phi) is 7.44. The average Bonchev–Trinajstić information content (AvgIpc) is 2.71. The Bertz CT molecular complexity index is 1110. The van der Waals surface area contributed by atoms with E-state index in [9.17, 15) is 18.0 Å². The van der Waals surface area contributed by atoms with Crippen LogP contribution in [0.25, 0.3) is 0 Å². The molecule has 3 rings (SSSR count). The predicted octanol–water partition coefficient (Wildman–Crippen LogP) is 2.93. The van der Waals surface area contributed by atoms with Gasteiger partial charge in [-0.2, -0.15) is 8.42 Å². The van der Waals surface area contributed by atoms with Crippen molar-refractivity contribution in [2.24, 2.45) is 11.8 Å². The molecule has 0 bridgehead atoms. The molecule has 1 aliphatic carbocycles. The lowest BCUT2D eigenvalue weighted by Gasteiger charge is -2.33. The molecule has 1 aliphatic rings. The van der Waals surface area contributed by atoms with E-state index in [2.05, 4.69) is 5.32 Å². The van der Waals surface area contributed by atoms with Gasteiger partial charge in [0.15, 0.2) is 0 Å². The lowest BCUT2D eigenvalue weighted by Crippen LogP contribution is -2.44. The minimum atomic E-state index is -4.42. The smallest absolute Gasteiger partial charge is 0.357 e. The summed E-state index contributed by atoms with van der Waals surface area (Å²) in [7, 11) is -4.42. The van der Waals surface area contributed by atoms with Crippen LogP contribution in [0.3, 0.4) is 0 Å². The van der Waals surface area contributed by atoms with E-state index in [1.165, 1.54) is 6.07 Å². The van der Waals surface area contributed by atoms with Crippen LogP contribution in [0.5, 0.6) is 0 Å². The molecule has 0 spiro atoms. The molecule has 0 aliphatic heterocycles. The summed E-state index contributed by atoms with van der Waals surface area (Å²) in [5.74, 6) is -2.00. The van der Waals surface area contributed by atoms with Crippen LogP contribution in [-0.4, -0.2) is 37.0 Å². The molecule has 0 aromatic heterocycles. The molecule has 178 valence electrons. The molecule has 2 aromatic carbocycles. The number of fused-ring (bicyclic) bond motifs is 1. The zero-order valence-electron chi connectivity index (χ0n) is 19.0. The minimum absolute atomic E-state index is 0.185. The lowest BCUT2D eigenvalue weighted by atomic mass is 9.75. The third-order valence-electron chi connectivity index (χ3n) is 5.42. The third kappa shape index (κ3) is 7.30. The van der Waals surface area contributed by atoms with Crippen LogP contribution < -0.4 is 10.0 Å². The SMILES string of the molecule is CC(C)(C)OC(=O)C1Cc2cc(NS(=O)(=O)O)ccc2CC1C(=O)NCCc1ccccc1. The monoisotopic (exact) mass is 474 g/mol. The molecule has 0 saturated carbocycles. The molecule has 9 heteroatoms. The second-order valence-corrected chi connectivity index (χ2v) is 10.4. The maximum atomic E-state index is 13.1. The van der Waals surface area contributed by atoms with Crippen molar-refractivity contribution >= 4 is 27.9 Å². The van der Waals surface area contributed by atoms with Gasteiger partial charge < -0.3 is 10.1 Å². The van der Waals surface area contributed by atoms with Crippen LogP contribution in [0.2, 0.25) is 0 Å². The maximum Gasteiger partial charge on any atom is 0.357 e. The Balaban J connectivity index is 1.79. The van der Waals surface area contributed by atoms with E-state index in [0.29, 0.717) is 19.4 Å². The fourth-order valence-corrected chi connectivity index (χ4v) is 4.42. The van der Waals surface area contributed by atoms with E-state index in [1.807, 2.05) is 35.1 Å². The van der Waals surface area contributed by atoms with Crippen molar-refractivity contribution in [3.63, 3.8) is 0 Å². The van der Waals surface area contributed by atoms with Crippen LogP contribution in [0.4, 0.5) is 5.69 Å². The van der Waals surface area contributed by atoms with E-state index >= 15 is 0 Å². The number of esters is 1. The largest absolute Gasteiger partial charge is 0.460 e. The number of anilines is 1. The highest BCUT2D eigenvalue weighted by molar-refractivity contribution is 7.87. The van der Waals surface area contributed by atoms with Crippen molar-refractivity contribution < 1.29 is 27.3 Å². The number of hydrogen-bond acceptors (Lipinski definition) is 5. The van der Waals surface area contributed by atoms with Crippen molar-refractivity contribution in [2.75, 3.05) is 11.3 Å². The van der Waals surface area contributed by atoms with Gasteiger partial charge in [0.2, 0.25) is 5.91 Å². The number of nitrogens with one attached hydrogen (secondary N) is 2. The van der Waals surface area contributed by atoms with E-state index in [0.717, 1.165) is 16.7 Å². The van der Waals surface area contributed by atoms with Crippen molar-refractivity contribution in [3.8, 4) is 0 Å². The molecule has 2 unspecified atom stereocenters. The van der Waals surface area contributed by atoms with Gasteiger partial charge in [-0.3, -0.25) is 18.9 Å². The van der Waals surface area contributed by atoms with Crippen molar-refractivity contribution in [1.29, 1.82) is 0 Å². The molecule has 0 radical (unpaired) electrons. The molecule has 8 nitrogen and oxygen atoms in total. The summed E-state index contributed by atoms with van der Waals surface area (Å²) in [5, 5.41) is 2.95. The number of benzene rings is 2. The Morgan fingerprint density at radius 3 is 2.33 bits per heavy atom. The fourth-order valence-electron chi connectivity index (χ4n) is 3.99. The van der Waals surface area contributed by atoms with Crippen LogP contribution in [0, 0.1) is 11.8 Å². The fraction of sp³-hybridized carbons (Fsp3) is 0.417. The summed E-state index contributed by atoms with van der Waals surface area (Å²) >= 11 is 0. The van der Waals surface area contributed by atoms with Crippen LogP contribution in [-0.2, 0) is 43.9 Å². The summed E-state index contributed by atoms with van der Waals surface area (Å²) in [6, 6.07) is 14.6.